The van der Waals surface area contributed by atoms with Gasteiger partial charge >= 0.3 is 0 Å². The second kappa shape index (κ2) is 7.40. The Morgan fingerprint density at radius 3 is 1.83 bits per heavy atom. The summed E-state index contributed by atoms with van der Waals surface area (Å²) in [5.74, 6) is 0. The lowest BCUT2D eigenvalue weighted by Gasteiger charge is -2.13. The van der Waals surface area contributed by atoms with Crippen LogP contribution < -0.4 is 0 Å². The standard InChI is InChI=1S/C22H22N2O3S2/c1-17-8-12-20(13-9-17)28(25,24-16-22(24)19-6-4-3-5-7-19)23-29(26,27)21-14-10-18(2)11-15-21/h3-15,22H,16H2,1-2H3. The lowest BCUT2D eigenvalue weighted by atomic mass is 10.2. The fraction of sp³-hybridized carbons (Fsp3) is 0.182. The molecule has 3 atom stereocenters. The van der Waals surface area contributed by atoms with Crippen molar-refractivity contribution < 1.29 is 12.6 Å². The Morgan fingerprint density at radius 1 is 0.759 bits per heavy atom. The monoisotopic (exact) mass is 426 g/mol. The van der Waals surface area contributed by atoms with Crippen LogP contribution in [0.4, 0.5) is 0 Å². The zero-order valence-corrected chi connectivity index (χ0v) is 17.9. The smallest absolute Gasteiger partial charge is 0.227 e. The summed E-state index contributed by atoms with van der Waals surface area (Å²) in [6, 6.07) is 23.0. The summed E-state index contributed by atoms with van der Waals surface area (Å²) < 4.78 is 45.8. The van der Waals surface area contributed by atoms with E-state index in [1.54, 1.807) is 28.6 Å². The first-order valence-corrected chi connectivity index (χ1v) is 12.2. The Bertz CT molecular complexity index is 1240. The number of sulfonamides is 1. The number of benzene rings is 3. The van der Waals surface area contributed by atoms with Crippen LogP contribution in [-0.4, -0.2) is 23.5 Å². The lowest BCUT2D eigenvalue weighted by molar-refractivity contribution is 0.596. The molecule has 5 nitrogen and oxygen atoms in total. The van der Waals surface area contributed by atoms with Crippen LogP contribution in [0.3, 0.4) is 0 Å². The quantitative estimate of drug-likeness (QED) is 0.565. The minimum atomic E-state index is -4.10. The van der Waals surface area contributed by atoms with Gasteiger partial charge in [0.1, 0.15) is 0 Å². The first-order valence-electron chi connectivity index (χ1n) is 9.28. The van der Waals surface area contributed by atoms with Crippen molar-refractivity contribution in [1.82, 2.24) is 4.31 Å². The van der Waals surface area contributed by atoms with E-state index in [0.29, 0.717) is 11.4 Å². The molecule has 4 rings (SSSR count). The van der Waals surface area contributed by atoms with E-state index in [0.717, 1.165) is 16.7 Å². The maximum Gasteiger partial charge on any atom is 0.291 e. The van der Waals surface area contributed by atoms with Gasteiger partial charge in [0.25, 0.3) is 10.0 Å². The van der Waals surface area contributed by atoms with Crippen LogP contribution in [0.25, 0.3) is 0 Å². The average molecular weight is 427 g/mol. The number of aryl methyl sites for hydroxylation is 2. The van der Waals surface area contributed by atoms with E-state index in [1.807, 2.05) is 56.3 Å². The van der Waals surface area contributed by atoms with Crippen molar-refractivity contribution in [2.45, 2.75) is 29.7 Å². The Morgan fingerprint density at radius 2 is 1.28 bits per heavy atom. The van der Waals surface area contributed by atoms with Gasteiger partial charge in [-0.2, -0.15) is 8.42 Å². The van der Waals surface area contributed by atoms with Gasteiger partial charge in [-0.1, -0.05) is 69.5 Å². The third-order valence-corrected chi connectivity index (χ3v) is 9.30. The van der Waals surface area contributed by atoms with Gasteiger partial charge in [0, 0.05) is 6.54 Å². The third kappa shape index (κ3) is 3.99. The lowest BCUT2D eigenvalue weighted by Crippen LogP contribution is -2.15. The number of nitrogens with zero attached hydrogens (tertiary/aromatic N) is 2. The summed E-state index contributed by atoms with van der Waals surface area (Å²) in [5, 5.41) is 0. The minimum absolute atomic E-state index is 0.0426. The highest BCUT2D eigenvalue weighted by atomic mass is 32.3. The zero-order chi connectivity index (χ0) is 20.6. The molecule has 1 aliphatic heterocycles. The average Bonchev–Trinajstić information content (AvgIpc) is 3.51. The molecule has 7 heteroatoms. The Balaban J connectivity index is 1.83. The van der Waals surface area contributed by atoms with Crippen LogP contribution in [0.5, 0.6) is 0 Å². The summed E-state index contributed by atoms with van der Waals surface area (Å²) in [6.07, 6.45) is 0. The van der Waals surface area contributed by atoms with Gasteiger partial charge in [-0.25, -0.2) is 8.51 Å². The highest BCUT2D eigenvalue weighted by Crippen LogP contribution is 2.42. The molecule has 0 radical (unpaired) electrons. The van der Waals surface area contributed by atoms with Crippen LogP contribution >= 0.6 is 0 Å². The molecule has 29 heavy (non-hydrogen) atoms. The fourth-order valence-corrected chi connectivity index (χ4v) is 7.31. The van der Waals surface area contributed by atoms with E-state index in [-0.39, 0.29) is 10.9 Å². The van der Waals surface area contributed by atoms with Gasteiger partial charge < -0.3 is 0 Å². The Labute approximate surface area is 172 Å². The second-order valence-electron chi connectivity index (χ2n) is 7.20. The summed E-state index contributed by atoms with van der Waals surface area (Å²) in [6.45, 7) is 4.29. The van der Waals surface area contributed by atoms with Crippen molar-refractivity contribution in [1.29, 1.82) is 0 Å². The largest absolute Gasteiger partial charge is 0.291 e. The van der Waals surface area contributed by atoms with Gasteiger partial charge in [-0.3, -0.25) is 0 Å². The molecule has 1 saturated heterocycles. The minimum Gasteiger partial charge on any atom is -0.227 e. The molecular weight excluding hydrogens is 404 g/mol. The molecule has 1 heterocycles. The molecule has 0 N–H and O–H groups in total. The van der Waals surface area contributed by atoms with E-state index in [4.69, 9.17) is 0 Å². The number of rotatable bonds is 5. The molecule has 0 amide bonds. The van der Waals surface area contributed by atoms with E-state index < -0.39 is 19.9 Å². The molecule has 0 saturated carbocycles. The predicted molar refractivity (Wildman–Crippen MR) is 114 cm³/mol. The summed E-state index contributed by atoms with van der Waals surface area (Å²) in [4.78, 5) is 0.443. The fourth-order valence-electron chi connectivity index (χ4n) is 3.17. The molecule has 3 aromatic rings. The van der Waals surface area contributed by atoms with Crippen molar-refractivity contribution in [3.63, 3.8) is 0 Å². The van der Waals surface area contributed by atoms with Gasteiger partial charge in [-0.15, -0.1) is 0 Å². The molecule has 0 spiro atoms. The third-order valence-electron chi connectivity index (χ3n) is 4.92. The highest BCUT2D eigenvalue weighted by molar-refractivity contribution is 8.02. The van der Waals surface area contributed by atoms with Gasteiger partial charge in [0.2, 0.25) is 0 Å². The molecule has 1 aliphatic rings. The molecular formula is C22H22N2O3S2. The van der Waals surface area contributed by atoms with Gasteiger partial charge in [-0.05, 0) is 43.7 Å². The van der Waals surface area contributed by atoms with Crippen LogP contribution in [0.15, 0.2) is 92.4 Å². The highest BCUT2D eigenvalue weighted by Gasteiger charge is 2.45. The summed E-state index contributed by atoms with van der Waals surface area (Å²) >= 11 is 0. The van der Waals surface area contributed by atoms with Crippen LogP contribution in [0, 0.1) is 13.8 Å². The van der Waals surface area contributed by atoms with Crippen molar-refractivity contribution in [2.24, 2.45) is 3.77 Å². The first kappa shape index (κ1) is 19.8. The maximum absolute atomic E-state index is 14.1. The van der Waals surface area contributed by atoms with E-state index in [2.05, 4.69) is 3.77 Å². The summed E-state index contributed by atoms with van der Waals surface area (Å²) in [5.41, 5.74) is 2.94. The molecule has 3 aromatic carbocycles. The van der Waals surface area contributed by atoms with Gasteiger partial charge in [0.15, 0.2) is 9.92 Å². The van der Waals surface area contributed by atoms with E-state index in [9.17, 15) is 12.6 Å². The normalized spacial score (nSPS) is 20.6. The summed E-state index contributed by atoms with van der Waals surface area (Å²) in [7, 11) is -7.43. The second-order valence-corrected chi connectivity index (χ2v) is 11.1. The number of hydrogen-bond acceptors (Lipinski definition) is 3. The molecule has 0 bridgehead atoms. The van der Waals surface area contributed by atoms with Crippen LogP contribution in [0.2, 0.25) is 0 Å². The van der Waals surface area contributed by atoms with E-state index in [1.165, 1.54) is 12.1 Å². The van der Waals surface area contributed by atoms with Crippen molar-refractivity contribution >= 4 is 19.9 Å². The van der Waals surface area contributed by atoms with Crippen molar-refractivity contribution in [3.8, 4) is 0 Å². The van der Waals surface area contributed by atoms with Crippen molar-refractivity contribution in [3.05, 3.63) is 95.6 Å². The molecule has 0 aromatic heterocycles. The van der Waals surface area contributed by atoms with Crippen LogP contribution in [0.1, 0.15) is 22.7 Å². The first-order chi connectivity index (χ1) is 13.8. The predicted octanol–water partition coefficient (Wildman–Crippen LogP) is 4.49. The Hall–Kier alpha value is -2.48. The van der Waals surface area contributed by atoms with Crippen LogP contribution in [-0.2, 0) is 19.9 Å². The SMILES string of the molecule is Cc1ccc(S(=O)(=O)N=S(=O)(c2ccc(C)cc2)N2CC2c2ccccc2)cc1. The molecule has 150 valence electrons. The van der Waals surface area contributed by atoms with Crippen molar-refractivity contribution in [2.75, 3.05) is 6.54 Å². The molecule has 1 fully saturated rings. The Kier molecular flexibility index (Phi) is 5.06. The maximum atomic E-state index is 14.1. The zero-order valence-electron chi connectivity index (χ0n) is 16.2. The molecule has 0 aliphatic carbocycles. The van der Waals surface area contributed by atoms with E-state index >= 15 is 0 Å². The topological polar surface area (TPSA) is 66.6 Å². The molecule has 3 unspecified atom stereocenters. The van der Waals surface area contributed by atoms with Gasteiger partial charge in [0.05, 0.1) is 15.8 Å². The number of hydrogen-bond donors (Lipinski definition) is 0.